The summed E-state index contributed by atoms with van der Waals surface area (Å²) in [6, 6.07) is 7.47. The van der Waals surface area contributed by atoms with Gasteiger partial charge in [-0.3, -0.25) is 4.79 Å². The van der Waals surface area contributed by atoms with E-state index in [-0.39, 0.29) is 11.3 Å². The number of carbonyl (C=O) groups is 1. The minimum atomic E-state index is -4.62. The van der Waals surface area contributed by atoms with Gasteiger partial charge >= 0.3 is 12.1 Å². The lowest BCUT2D eigenvalue weighted by Gasteiger charge is -2.12. The minimum absolute atomic E-state index is 0.112. The normalized spacial score (nSPS) is 12.0. The molecule has 0 N–H and O–H groups in total. The van der Waals surface area contributed by atoms with E-state index < -0.39 is 17.7 Å². The van der Waals surface area contributed by atoms with Crippen LogP contribution in [0.4, 0.5) is 13.2 Å². The van der Waals surface area contributed by atoms with Gasteiger partial charge in [0.15, 0.2) is 0 Å². The second kappa shape index (κ2) is 4.76. The summed E-state index contributed by atoms with van der Waals surface area (Å²) in [6.45, 7) is 2.74. The molecule has 114 valence electrons. The van der Waals surface area contributed by atoms with Gasteiger partial charge < -0.3 is 9.15 Å². The van der Waals surface area contributed by atoms with E-state index in [1.165, 1.54) is 0 Å². The molecular formula is C16H11F3O3. The van der Waals surface area contributed by atoms with E-state index in [1.54, 1.807) is 31.2 Å². The Morgan fingerprint density at radius 2 is 1.91 bits per heavy atom. The standard InChI is InChI=1S/C16H11F3O3/c1-8-13(21-9(2)20)7-11(16(17,18)19)15-14(8)10-5-3-4-6-12(10)22-15/h3-7H,1-2H3. The zero-order valence-electron chi connectivity index (χ0n) is 11.7. The summed E-state index contributed by atoms with van der Waals surface area (Å²) in [5, 5.41) is 0.858. The van der Waals surface area contributed by atoms with Crippen LogP contribution in [0, 0.1) is 6.92 Å². The van der Waals surface area contributed by atoms with E-state index in [4.69, 9.17) is 9.15 Å². The monoisotopic (exact) mass is 308 g/mol. The van der Waals surface area contributed by atoms with Gasteiger partial charge in [0.2, 0.25) is 0 Å². The Hall–Kier alpha value is -2.50. The Morgan fingerprint density at radius 3 is 2.55 bits per heavy atom. The van der Waals surface area contributed by atoms with Crippen molar-refractivity contribution in [3.63, 3.8) is 0 Å². The molecule has 0 aliphatic carbocycles. The van der Waals surface area contributed by atoms with Gasteiger partial charge in [-0.15, -0.1) is 0 Å². The number of furan rings is 1. The fourth-order valence-corrected chi connectivity index (χ4v) is 2.51. The highest BCUT2D eigenvalue weighted by Gasteiger charge is 2.36. The minimum Gasteiger partial charge on any atom is -0.455 e. The van der Waals surface area contributed by atoms with Crippen LogP contribution in [0.15, 0.2) is 34.7 Å². The van der Waals surface area contributed by atoms with E-state index >= 15 is 0 Å². The maximum Gasteiger partial charge on any atom is 0.420 e. The maximum absolute atomic E-state index is 13.3. The van der Waals surface area contributed by atoms with Gasteiger partial charge in [0.05, 0.1) is 0 Å². The van der Waals surface area contributed by atoms with Crippen molar-refractivity contribution in [2.24, 2.45) is 0 Å². The van der Waals surface area contributed by atoms with E-state index in [0.717, 1.165) is 13.0 Å². The van der Waals surface area contributed by atoms with Crippen molar-refractivity contribution in [2.75, 3.05) is 0 Å². The first-order valence-corrected chi connectivity index (χ1v) is 6.49. The number of hydrogen-bond donors (Lipinski definition) is 0. The zero-order valence-corrected chi connectivity index (χ0v) is 11.7. The van der Waals surface area contributed by atoms with Crippen molar-refractivity contribution < 1.29 is 27.1 Å². The van der Waals surface area contributed by atoms with Gasteiger partial charge in [0, 0.05) is 23.3 Å². The Balaban J connectivity index is 2.47. The van der Waals surface area contributed by atoms with Gasteiger partial charge in [-0.2, -0.15) is 13.2 Å². The Bertz CT molecular complexity index is 891. The number of para-hydroxylation sites is 1. The van der Waals surface area contributed by atoms with Gasteiger partial charge in [-0.25, -0.2) is 0 Å². The van der Waals surface area contributed by atoms with Crippen LogP contribution < -0.4 is 4.74 Å². The van der Waals surface area contributed by atoms with Crippen LogP contribution in [-0.4, -0.2) is 5.97 Å². The predicted molar refractivity (Wildman–Crippen MR) is 74.8 cm³/mol. The number of ether oxygens (including phenoxy) is 1. The number of rotatable bonds is 1. The smallest absolute Gasteiger partial charge is 0.420 e. The molecule has 0 aliphatic heterocycles. The topological polar surface area (TPSA) is 39.4 Å². The van der Waals surface area contributed by atoms with Crippen LogP contribution in [0.3, 0.4) is 0 Å². The second-order valence-electron chi connectivity index (χ2n) is 4.94. The van der Waals surface area contributed by atoms with Crippen LogP contribution in [0.25, 0.3) is 21.9 Å². The average Bonchev–Trinajstić information content (AvgIpc) is 2.79. The van der Waals surface area contributed by atoms with Crippen LogP contribution >= 0.6 is 0 Å². The number of halogens is 3. The highest BCUT2D eigenvalue weighted by Crippen LogP contribution is 2.43. The second-order valence-corrected chi connectivity index (χ2v) is 4.94. The lowest BCUT2D eigenvalue weighted by atomic mass is 10.0. The van der Waals surface area contributed by atoms with Crippen molar-refractivity contribution in [2.45, 2.75) is 20.0 Å². The fraction of sp³-hybridized carbons (Fsp3) is 0.188. The summed E-state index contributed by atoms with van der Waals surface area (Å²) in [6.07, 6.45) is -4.62. The zero-order chi connectivity index (χ0) is 16.1. The molecule has 3 rings (SSSR count). The molecule has 6 heteroatoms. The van der Waals surface area contributed by atoms with Crippen molar-refractivity contribution in [1.29, 1.82) is 0 Å². The summed E-state index contributed by atoms with van der Waals surface area (Å²) in [5.41, 5.74) is -0.420. The molecule has 22 heavy (non-hydrogen) atoms. The van der Waals surface area contributed by atoms with E-state index in [0.29, 0.717) is 21.9 Å². The van der Waals surface area contributed by atoms with E-state index in [1.807, 2.05) is 0 Å². The first-order valence-electron chi connectivity index (χ1n) is 6.49. The van der Waals surface area contributed by atoms with E-state index in [2.05, 4.69) is 0 Å². The molecule has 0 amide bonds. The number of alkyl halides is 3. The number of carbonyl (C=O) groups excluding carboxylic acids is 1. The van der Waals surface area contributed by atoms with Crippen LogP contribution in [0.1, 0.15) is 18.1 Å². The van der Waals surface area contributed by atoms with Gasteiger partial charge in [0.25, 0.3) is 0 Å². The first kappa shape index (κ1) is 14.4. The molecular weight excluding hydrogens is 297 g/mol. The van der Waals surface area contributed by atoms with Crippen LogP contribution in [0.2, 0.25) is 0 Å². The Kier molecular flexibility index (Phi) is 3.12. The molecule has 1 heterocycles. The number of aryl methyl sites for hydroxylation is 1. The molecule has 3 nitrogen and oxygen atoms in total. The Morgan fingerprint density at radius 1 is 1.23 bits per heavy atom. The highest BCUT2D eigenvalue weighted by atomic mass is 19.4. The lowest BCUT2D eigenvalue weighted by molar-refractivity contribution is -0.138. The average molecular weight is 308 g/mol. The molecule has 0 saturated carbocycles. The highest BCUT2D eigenvalue weighted by molar-refractivity contribution is 6.08. The third-order valence-electron chi connectivity index (χ3n) is 3.42. The molecule has 2 aromatic carbocycles. The SMILES string of the molecule is CC(=O)Oc1cc(C(F)(F)F)c2oc3ccccc3c2c1C. The first-order chi connectivity index (χ1) is 10.3. The van der Waals surface area contributed by atoms with Crippen molar-refractivity contribution in [3.8, 4) is 5.75 Å². The van der Waals surface area contributed by atoms with Crippen molar-refractivity contribution in [1.82, 2.24) is 0 Å². The molecule has 0 aliphatic rings. The number of hydrogen-bond acceptors (Lipinski definition) is 3. The third-order valence-corrected chi connectivity index (χ3v) is 3.42. The van der Waals surface area contributed by atoms with Crippen molar-refractivity contribution in [3.05, 3.63) is 41.5 Å². The van der Waals surface area contributed by atoms with Gasteiger partial charge in [-0.1, -0.05) is 18.2 Å². The van der Waals surface area contributed by atoms with E-state index in [9.17, 15) is 18.0 Å². The molecule has 0 fully saturated rings. The maximum atomic E-state index is 13.3. The molecule has 1 aromatic heterocycles. The van der Waals surface area contributed by atoms with Crippen LogP contribution in [0.5, 0.6) is 5.75 Å². The predicted octanol–water partition coefficient (Wildman–Crippen LogP) is 4.84. The molecule has 0 saturated heterocycles. The third kappa shape index (κ3) is 2.20. The Labute approximate surface area is 123 Å². The summed E-state index contributed by atoms with van der Waals surface area (Å²) in [4.78, 5) is 11.1. The molecule has 0 bridgehead atoms. The molecule has 0 radical (unpaired) electrons. The molecule has 0 unspecified atom stereocenters. The fourth-order valence-electron chi connectivity index (χ4n) is 2.51. The number of esters is 1. The van der Waals surface area contributed by atoms with Crippen molar-refractivity contribution >= 4 is 27.9 Å². The molecule has 3 aromatic rings. The van der Waals surface area contributed by atoms with Gasteiger partial charge in [-0.05, 0) is 19.1 Å². The lowest BCUT2D eigenvalue weighted by Crippen LogP contribution is -2.09. The number of fused-ring (bicyclic) bond motifs is 3. The van der Waals surface area contributed by atoms with Gasteiger partial charge in [0.1, 0.15) is 22.5 Å². The number of benzene rings is 2. The van der Waals surface area contributed by atoms with Crippen LogP contribution in [-0.2, 0) is 11.0 Å². The summed E-state index contributed by atoms with van der Waals surface area (Å²) in [7, 11) is 0. The largest absolute Gasteiger partial charge is 0.455 e. The molecule has 0 atom stereocenters. The summed E-state index contributed by atoms with van der Waals surface area (Å²) < 4.78 is 50.2. The summed E-state index contributed by atoms with van der Waals surface area (Å²) in [5.74, 6) is -0.790. The quantitative estimate of drug-likeness (QED) is 0.477. The summed E-state index contributed by atoms with van der Waals surface area (Å²) >= 11 is 0. The molecule has 0 spiro atoms.